The highest BCUT2D eigenvalue weighted by atomic mass is 32.2. The maximum Gasteiger partial charge on any atom is 0.288 e. The number of halogens is 2. The molecule has 0 aliphatic carbocycles. The summed E-state index contributed by atoms with van der Waals surface area (Å²) < 4.78 is 24.6. The van der Waals surface area contributed by atoms with Crippen molar-refractivity contribution in [3.63, 3.8) is 0 Å². The number of carbonyl (C=O) groups excluding carboxylic acids is 1. The summed E-state index contributed by atoms with van der Waals surface area (Å²) in [5.74, 6) is -2.73. The number of thioether (sulfide) groups is 1. The molecule has 0 heterocycles. The zero-order valence-corrected chi connectivity index (χ0v) is 10.9. The van der Waals surface area contributed by atoms with Crippen LogP contribution in [0.5, 0.6) is 0 Å². The lowest BCUT2D eigenvalue weighted by molar-refractivity contribution is -0.115. The van der Waals surface area contributed by atoms with Crippen molar-refractivity contribution in [1.29, 1.82) is 0 Å². The Balaban J connectivity index is 2.57. The Hall–Kier alpha value is -1.14. The Labute approximate surface area is 109 Å². The number of carbonyl (C=O) groups is 1. The molecule has 100 valence electrons. The minimum absolute atomic E-state index is 0.182. The van der Waals surface area contributed by atoms with Crippen molar-refractivity contribution in [2.75, 3.05) is 18.4 Å². The van der Waals surface area contributed by atoms with Crippen LogP contribution in [0, 0.1) is 0 Å². The summed E-state index contributed by atoms with van der Waals surface area (Å²) in [6.45, 7) is 2.93. The van der Waals surface area contributed by atoms with E-state index in [1.165, 1.54) is 0 Å². The number of para-hydroxylation sites is 1. The van der Waals surface area contributed by atoms with Gasteiger partial charge in [0, 0.05) is 4.90 Å². The molecular formula is C12H16F2N2OS. The van der Waals surface area contributed by atoms with Crippen LogP contribution in [0.15, 0.2) is 29.2 Å². The number of nitrogens with one attached hydrogen (secondary N) is 2. The average Bonchev–Trinajstić information content (AvgIpc) is 2.31. The van der Waals surface area contributed by atoms with Gasteiger partial charge >= 0.3 is 0 Å². The van der Waals surface area contributed by atoms with Crippen molar-refractivity contribution in [1.82, 2.24) is 5.32 Å². The normalized spacial score (nSPS) is 10.7. The van der Waals surface area contributed by atoms with Crippen molar-refractivity contribution in [3.05, 3.63) is 24.3 Å². The van der Waals surface area contributed by atoms with E-state index in [2.05, 4.69) is 10.6 Å². The smallest absolute Gasteiger partial charge is 0.288 e. The quantitative estimate of drug-likeness (QED) is 0.593. The molecule has 6 heteroatoms. The number of rotatable bonds is 7. The van der Waals surface area contributed by atoms with Gasteiger partial charge in [-0.3, -0.25) is 4.79 Å². The second-order valence-electron chi connectivity index (χ2n) is 3.60. The number of anilines is 1. The first kappa shape index (κ1) is 14.9. The van der Waals surface area contributed by atoms with Crippen LogP contribution in [-0.2, 0) is 4.79 Å². The lowest BCUT2D eigenvalue weighted by Gasteiger charge is -2.10. The van der Waals surface area contributed by atoms with Gasteiger partial charge in [-0.2, -0.15) is 8.78 Å². The third kappa shape index (κ3) is 5.46. The molecule has 0 aliphatic heterocycles. The molecule has 1 rings (SSSR count). The zero-order valence-electron chi connectivity index (χ0n) is 10.1. The van der Waals surface area contributed by atoms with Crippen LogP contribution in [0.1, 0.15) is 13.3 Å². The molecule has 0 spiro atoms. The van der Waals surface area contributed by atoms with Crippen LogP contribution in [0.3, 0.4) is 0 Å². The van der Waals surface area contributed by atoms with E-state index in [0.29, 0.717) is 22.3 Å². The van der Waals surface area contributed by atoms with Crippen LogP contribution in [0.2, 0.25) is 0 Å². The molecule has 18 heavy (non-hydrogen) atoms. The highest BCUT2D eigenvalue weighted by molar-refractivity contribution is 7.99. The first-order chi connectivity index (χ1) is 8.63. The number of alkyl halides is 2. The molecule has 0 fully saturated rings. The summed E-state index contributed by atoms with van der Waals surface area (Å²) in [5, 5.41) is 5.57. The Morgan fingerprint density at radius 1 is 1.39 bits per heavy atom. The van der Waals surface area contributed by atoms with E-state index < -0.39 is 5.76 Å². The van der Waals surface area contributed by atoms with Crippen molar-refractivity contribution in [2.45, 2.75) is 24.0 Å². The van der Waals surface area contributed by atoms with Gasteiger partial charge in [0.25, 0.3) is 5.76 Å². The van der Waals surface area contributed by atoms with Crippen LogP contribution in [-0.4, -0.2) is 24.8 Å². The predicted octanol–water partition coefficient (Wildman–Crippen LogP) is 2.94. The van der Waals surface area contributed by atoms with Crippen LogP contribution >= 0.6 is 11.8 Å². The molecule has 0 saturated heterocycles. The van der Waals surface area contributed by atoms with Gasteiger partial charge in [-0.05, 0) is 25.1 Å². The molecule has 1 aromatic carbocycles. The van der Waals surface area contributed by atoms with E-state index in [9.17, 15) is 13.6 Å². The highest BCUT2D eigenvalue weighted by Crippen LogP contribution is 2.31. The molecular weight excluding hydrogens is 258 g/mol. The molecule has 0 atom stereocenters. The predicted molar refractivity (Wildman–Crippen MR) is 70.1 cm³/mol. The summed E-state index contributed by atoms with van der Waals surface area (Å²) in [4.78, 5) is 11.9. The fourth-order valence-electron chi connectivity index (χ4n) is 1.34. The van der Waals surface area contributed by atoms with E-state index in [1.807, 2.05) is 6.92 Å². The van der Waals surface area contributed by atoms with Gasteiger partial charge in [0.1, 0.15) is 0 Å². The van der Waals surface area contributed by atoms with Gasteiger partial charge in [-0.1, -0.05) is 30.8 Å². The lowest BCUT2D eigenvalue weighted by Crippen LogP contribution is -2.28. The summed E-state index contributed by atoms with van der Waals surface area (Å²) >= 11 is 0.427. The second kappa shape index (κ2) is 8.05. The molecule has 0 bridgehead atoms. The van der Waals surface area contributed by atoms with Gasteiger partial charge in [-0.15, -0.1) is 0 Å². The van der Waals surface area contributed by atoms with Crippen molar-refractivity contribution >= 4 is 23.4 Å². The number of amides is 1. The van der Waals surface area contributed by atoms with Crippen molar-refractivity contribution < 1.29 is 13.6 Å². The third-order valence-corrected chi connectivity index (χ3v) is 2.88. The molecule has 0 unspecified atom stereocenters. The number of benzene rings is 1. The van der Waals surface area contributed by atoms with Crippen LogP contribution in [0.25, 0.3) is 0 Å². The van der Waals surface area contributed by atoms with E-state index in [4.69, 9.17) is 0 Å². The maximum absolute atomic E-state index is 12.3. The summed E-state index contributed by atoms with van der Waals surface area (Å²) in [6.07, 6.45) is 0.936. The molecule has 2 N–H and O–H groups in total. The Bertz CT molecular complexity index is 388. The summed E-state index contributed by atoms with van der Waals surface area (Å²) in [5.41, 5.74) is 0.422. The fraction of sp³-hybridized carbons (Fsp3) is 0.417. The minimum atomic E-state index is -2.50. The average molecular weight is 274 g/mol. The highest BCUT2D eigenvalue weighted by Gasteiger charge is 2.11. The first-order valence-electron chi connectivity index (χ1n) is 5.68. The largest absolute Gasteiger partial charge is 0.324 e. The van der Waals surface area contributed by atoms with Gasteiger partial charge in [0.2, 0.25) is 5.91 Å². The van der Waals surface area contributed by atoms with Gasteiger partial charge in [0.15, 0.2) is 0 Å². The number of hydrogen-bond donors (Lipinski definition) is 2. The topological polar surface area (TPSA) is 41.1 Å². The summed E-state index contributed by atoms with van der Waals surface area (Å²) in [7, 11) is 0. The van der Waals surface area contributed by atoms with Crippen molar-refractivity contribution in [2.24, 2.45) is 0 Å². The zero-order chi connectivity index (χ0) is 13.4. The van der Waals surface area contributed by atoms with Crippen LogP contribution < -0.4 is 10.6 Å². The van der Waals surface area contributed by atoms with E-state index in [0.717, 1.165) is 13.0 Å². The molecule has 3 nitrogen and oxygen atoms in total. The minimum Gasteiger partial charge on any atom is -0.324 e. The standard InChI is InChI=1S/C12H16F2N2OS/c1-2-7-15-8-11(17)16-9-5-3-4-6-10(9)18-12(13)14/h3-6,12,15H,2,7-8H2,1H3,(H,16,17). The Kier molecular flexibility index (Phi) is 6.67. The van der Waals surface area contributed by atoms with Gasteiger partial charge in [0.05, 0.1) is 12.2 Å². The van der Waals surface area contributed by atoms with E-state index >= 15 is 0 Å². The van der Waals surface area contributed by atoms with Crippen molar-refractivity contribution in [3.8, 4) is 0 Å². The third-order valence-electron chi connectivity index (χ3n) is 2.09. The molecule has 0 aromatic heterocycles. The molecule has 1 aromatic rings. The van der Waals surface area contributed by atoms with Gasteiger partial charge in [-0.25, -0.2) is 0 Å². The summed E-state index contributed by atoms with van der Waals surface area (Å²) in [6, 6.07) is 6.54. The lowest BCUT2D eigenvalue weighted by atomic mass is 10.3. The van der Waals surface area contributed by atoms with Crippen LogP contribution in [0.4, 0.5) is 14.5 Å². The Morgan fingerprint density at radius 3 is 2.78 bits per heavy atom. The Morgan fingerprint density at radius 2 is 2.11 bits per heavy atom. The maximum atomic E-state index is 12.3. The molecule has 0 saturated carbocycles. The second-order valence-corrected chi connectivity index (χ2v) is 4.63. The number of hydrogen-bond acceptors (Lipinski definition) is 3. The molecule has 0 aliphatic rings. The van der Waals surface area contributed by atoms with E-state index in [1.54, 1.807) is 24.3 Å². The monoisotopic (exact) mass is 274 g/mol. The first-order valence-corrected chi connectivity index (χ1v) is 6.56. The fourth-order valence-corrected chi connectivity index (χ4v) is 1.94. The molecule has 1 amide bonds. The SMILES string of the molecule is CCCNCC(=O)Nc1ccccc1SC(F)F. The van der Waals surface area contributed by atoms with Gasteiger partial charge < -0.3 is 10.6 Å². The van der Waals surface area contributed by atoms with E-state index in [-0.39, 0.29) is 12.5 Å². The molecule has 0 radical (unpaired) electrons.